The van der Waals surface area contributed by atoms with E-state index in [4.69, 9.17) is 4.74 Å². The summed E-state index contributed by atoms with van der Waals surface area (Å²) in [5.74, 6) is -1.25. The maximum absolute atomic E-state index is 12.3. The molecule has 2 rings (SSSR count). The average molecular weight is 374 g/mol. The van der Waals surface area contributed by atoms with E-state index in [0.717, 1.165) is 0 Å². The van der Waals surface area contributed by atoms with Gasteiger partial charge >= 0.3 is 5.97 Å². The molecule has 1 heterocycles. The topological polar surface area (TPSA) is 84.5 Å². The molecule has 2 amide bonds. The SMILES string of the molecule is CC(OC(=O)c1cccc(NC(=O)c2cccs2)c1)C(=O)NC(C)(C)C. The first kappa shape index (κ1) is 19.7. The molecule has 6 nitrogen and oxygen atoms in total. The van der Waals surface area contributed by atoms with Gasteiger partial charge in [-0.2, -0.15) is 0 Å². The van der Waals surface area contributed by atoms with E-state index in [1.54, 1.807) is 30.3 Å². The Hall–Kier alpha value is -2.67. The van der Waals surface area contributed by atoms with Crippen molar-refractivity contribution in [1.29, 1.82) is 0 Å². The van der Waals surface area contributed by atoms with Crippen LogP contribution in [0.5, 0.6) is 0 Å². The van der Waals surface area contributed by atoms with Crippen molar-refractivity contribution in [3.63, 3.8) is 0 Å². The third-order valence-corrected chi connectivity index (χ3v) is 4.12. The molecule has 0 saturated carbocycles. The molecular formula is C19H22N2O4S. The summed E-state index contributed by atoms with van der Waals surface area (Å²) < 4.78 is 5.21. The lowest BCUT2D eigenvalue weighted by Gasteiger charge is -2.23. The van der Waals surface area contributed by atoms with E-state index in [-0.39, 0.29) is 17.4 Å². The third kappa shape index (κ3) is 5.70. The fourth-order valence-corrected chi connectivity index (χ4v) is 2.70. The number of anilines is 1. The zero-order valence-corrected chi connectivity index (χ0v) is 16.0. The molecule has 0 saturated heterocycles. The van der Waals surface area contributed by atoms with Gasteiger partial charge in [0.2, 0.25) is 0 Å². The first-order chi connectivity index (χ1) is 12.2. The van der Waals surface area contributed by atoms with Gasteiger partial charge in [-0.05, 0) is 57.3 Å². The highest BCUT2D eigenvalue weighted by Crippen LogP contribution is 2.16. The van der Waals surface area contributed by atoms with Crippen molar-refractivity contribution in [2.75, 3.05) is 5.32 Å². The lowest BCUT2D eigenvalue weighted by atomic mass is 10.1. The van der Waals surface area contributed by atoms with Gasteiger partial charge in [0.15, 0.2) is 6.10 Å². The van der Waals surface area contributed by atoms with E-state index < -0.39 is 17.6 Å². The van der Waals surface area contributed by atoms with Crippen molar-refractivity contribution < 1.29 is 19.1 Å². The summed E-state index contributed by atoms with van der Waals surface area (Å²) in [6.07, 6.45) is -0.925. The predicted molar refractivity (Wildman–Crippen MR) is 101 cm³/mol. The Morgan fingerprint density at radius 2 is 1.85 bits per heavy atom. The van der Waals surface area contributed by atoms with Crippen molar-refractivity contribution in [1.82, 2.24) is 5.32 Å². The van der Waals surface area contributed by atoms with Crippen LogP contribution in [0.3, 0.4) is 0 Å². The van der Waals surface area contributed by atoms with Crippen LogP contribution in [0, 0.1) is 0 Å². The first-order valence-corrected chi connectivity index (χ1v) is 9.01. The molecule has 0 aliphatic carbocycles. The summed E-state index contributed by atoms with van der Waals surface area (Å²) in [5.41, 5.74) is 0.318. The monoisotopic (exact) mass is 374 g/mol. The second kappa shape index (κ2) is 8.14. The van der Waals surface area contributed by atoms with Gasteiger partial charge in [0, 0.05) is 11.2 Å². The number of nitrogens with one attached hydrogen (secondary N) is 2. The summed E-state index contributed by atoms with van der Waals surface area (Å²) in [4.78, 5) is 37.0. The number of hydrogen-bond donors (Lipinski definition) is 2. The largest absolute Gasteiger partial charge is 0.449 e. The van der Waals surface area contributed by atoms with E-state index >= 15 is 0 Å². The molecule has 7 heteroatoms. The van der Waals surface area contributed by atoms with Gasteiger partial charge in [0.1, 0.15) is 0 Å². The number of ether oxygens (including phenoxy) is 1. The number of amides is 2. The number of thiophene rings is 1. The maximum Gasteiger partial charge on any atom is 0.338 e. The molecule has 2 aromatic rings. The molecular weight excluding hydrogens is 352 g/mol. The van der Waals surface area contributed by atoms with E-state index in [1.807, 2.05) is 26.2 Å². The van der Waals surface area contributed by atoms with Crippen LogP contribution in [-0.4, -0.2) is 29.4 Å². The van der Waals surface area contributed by atoms with Crippen molar-refractivity contribution >= 4 is 34.8 Å². The molecule has 0 radical (unpaired) electrons. The van der Waals surface area contributed by atoms with Gasteiger partial charge < -0.3 is 15.4 Å². The van der Waals surface area contributed by atoms with Crippen LogP contribution in [0.4, 0.5) is 5.69 Å². The Balaban J connectivity index is 2.01. The van der Waals surface area contributed by atoms with Gasteiger partial charge in [-0.15, -0.1) is 11.3 Å². The highest BCUT2D eigenvalue weighted by molar-refractivity contribution is 7.12. The Bertz CT molecular complexity index is 794. The molecule has 26 heavy (non-hydrogen) atoms. The van der Waals surface area contributed by atoms with Gasteiger partial charge in [-0.1, -0.05) is 12.1 Å². The Morgan fingerprint density at radius 1 is 1.12 bits per heavy atom. The molecule has 2 N–H and O–H groups in total. The summed E-state index contributed by atoms with van der Waals surface area (Å²) in [6, 6.07) is 9.91. The summed E-state index contributed by atoms with van der Waals surface area (Å²) in [6.45, 7) is 7.05. The van der Waals surface area contributed by atoms with Crippen LogP contribution in [0.2, 0.25) is 0 Å². The number of benzene rings is 1. The standard InChI is InChI=1S/C19H22N2O4S/c1-12(16(22)21-19(2,3)4)25-18(24)13-7-5-8-14(11-13)20-17(23)15-9-6-10-26-15/h5-12H,1-4H3,(H,20,23)(H,21,22). The quantitative estimate of drug-likeness (QED) is 0.785. The number of carbonyl (C=O) groups excluding carboxylic acids is 3. The Labute approximate surface area is 156 Å². The summed E-state index contributed by atoms with van der Waals surface area (Å²) in [7, 11) is 0. The Kier molecular flexibility index (Phi) is 6.15. The van der Waals surface area contributed by atoms with Gasteiger partial charge in [-0.25, -0.2) is 4.79 Å². The molecule has 0 aliphatic rings. The van der Waals surface area contributed by atoms with Crippen LogP contribution in [-0.2, 0) is 9.53 Å². The van der Waals surface area contributed by atoms with E-state index in [2.05, 4.69) is 10.6 Å². The third-order valence-electron chi connectivity index (χ3n) is 3.25. The van der Waals surface area contributed by atoms with E-state index in [0.29, 0.717) is 10.6 Å². The maximum atomic E-state index is 12.3. The zero-order valence-electron chi connectivity index (χ0n) is 15.2. The summed E-state index contributed by atoms with van der Waals surface area (Å²) in [5, 5.41) is 7.30. The molecule has 1 aromatic heterocycles. The zero-order chi connectivity index (χ0) is 19.3. The molecule has 138 valence electrons. The molecule has 0 aliphatic heterocycles. The number of carbonyl (C=O) groups is 3. The van der Waals surface area contributed by atoms with Crippen LogP contribution in [0.1, 0.15) is 47.7 Å². The smallest absolute Gasteiger partial charge is 0.338 e. The first-order valence-electron chi connectivity index (χ1n) is 8.13. The van der Waals surface area contributed by atoms with Gasteiger partial charge in [0.05, 0.1) is 10.4 Å². The molecule has 0 bridgehead atoms. The second-order valence-electron chi connectivity index (χ2n) is 6.80. The Morgan fingerprint density at radius 3 is 2.46 bits per heavy atom. The lowest BCUT2D eigenvalue weighted by Crippen LogP contribution is -2.46. The highest BCUT2D eigenvalue weighted by atomic mass is 32.1. The molecule has 0 spiro atoms. The minimum absolute atomic E-state index is 0.247. The number of rotatable bonds is 5. The van der Waals surface area contributed by atoms with Crippen LogP contribution < -0.4 is 10.6 Å². The van der Waals surface area contributed by atoms with E-state index in [1.165, 1.54) is 24.3 Å². The normalized spacial score (nSPS) is 12.2. The molecule has 1 atom stereocenters. The fraction of sp³-hybridized carbons (Fsp3) is 0.316. The van der Waals surface area contributed by atoms with Crippen LogP contribution >= 0.6 is 11.3 Å². The lowest BCUT2D eigenvalue weighted by molar-refractivity contribution is -0.130. The number of esters is 1. The van der Waals surface area contributed by atoms with E-state index in [9.17, 15) is 14.4 Å². The second-order valence-corrected chi connectivity index (χ2v) is 7.75. The van der Waals surface area contributed by atoms with Crippen molar-refractivity contribution in [3.8, 4) is 0 Å². The van der Waals surface area contributed by atoms with Crippen LogP contribution in [0.15, 0.2) is 41.8 Å². The molecule has 0 fully saturated rings. The minimum Gasteiger partial charge on any atom is -0.449 e. The predicted octanol–water partition coefficient (Wildman–Crippen LogP) is 3.46. The van der Waals surface area contributed by atoms with Crippen molar-refractivity contribution in [3.05, 3.63) is 52.2 Å². The fourth-order valence-electron chi connectivity index (χ4n) is 2.08. The van der Waals surface area contributed by atoms with Crippen molar-refractivity contribution in [2.24, 2.45) is 0 Å². The van der Waals surface area contributed by atoms with Gasteiger partial charge in [-0.3, -0.25) is 9.59 Å². The average Bonchev–Trinajstić information content (AvgIpc) is 3.08. The highest BCUT2D eigenvalue weighted by Gasteiger charge is 2.23. The summed E-state index contributed by atoms with van der Waals surface area (Å²) >= 11 is 1.33. The molecule has 1 aromatic carbocycles. The number of hydrogen-bond acceptors (Lipinski definition) is 5. The minimum atomic E-state index is -0.925. The molecule has 1 unspecified atom stereocenters. The van der Waals surface area contributed by atoms with Crippen molar-refractivity contribution in [2.45, 2.75) is 39.3 Å². The van der Waals surface area contributed by atoms with Crippen LogP contribution in [0.25, 0.3) is 0 Å². The van der Waals surface area contributed by atoms with Gasteiger partial charge in [0.25, 0.3) is 11.8 Å².